The summed E-state index contributed by atoms with van der Waals surface area (Å²) >= 11 is 0. The van der Waals surface area contributed by atoms with E-state index in [0.29, 0.717) is 18.1 Å². The third-order valence-corrected chi connectivity index (χ3v) is 9.32. The lowest BCUT2D eigenvalue weighted by atomic mass is 9.82. The quantitative estimate of drug-likeness (QED) is 0.476. The first-order valence-electron chi connectivity index (χ1n) is 13.7. The molecule has 5 N–H and O–H groups in total. The van der Waals surface area contributed by atoms with Crippen molar-refractivity contribution in [3.63, 3.8) is 0 Å². The van der Waals surface area contributed by atoms with Gasteiger partial charge in [0, 0.05) is 25.6 Å². The minimum absolute atomic E-state index is 0.0549. The number of nitrogens with one attached hydrogen (secondary N) is 3. The Labute approximate surface area is 199 Å². The molecule has 5 fully saturated rings. The molecule has 0 aromatic rings. The van der Waals surface area contributed by atoms with E-state index in [1.807, 2.05) is 0 Å². The van der Waals surface area contributed by atoms with Gasteiger partial charge in [0.2, 0.25) is 5.91 Å². The van der Waals surface area contributed by atoms with Crippen LogP contribution in [-0.2, 0) is 9.63 Å². The average molecular weight is 463 g/mol. The lowest BCUT2D eigenvalue weighted by molar-refractivity contribution is -0.123. The summed E-state index contributed by atoms with van der Waals surface area (Å²) in [5.41, 5.74) is 8.90. The highest BCUT2D eigenvalue weighted by Gasteiger charge is 2.42. The molecule has 4 heterocycles. The molecule has 5 unspecified atom stereocenters. The van der Waals surface area contributed by atoms with Crippen molar-refractivity contribution in [3.05, 3.63) is 0 Å². The normalized spacial score (nSPS) is 42.0. The maximum Gasteiger partial charge on any atom is 0.220 e. The third-order valence-electron chi connectivity index (χ3n) is 9.32. The van der Waals surface area contributed by atoms with Gasteiger partial charge >= 0.3 is 0 Å². The van der Waals surface area contributed by atoms with Crippen molar-refractivity contribution in [2.75, 3.05) is 32.7 Å². The largest absolute Gasteiger partial charge is 0.369 e. The van der Waals surface area contributed by atoms with Gasteiger partial charge in [-0.1, -0.05) is 19.8 Å². The number of amides is 1. The number of rotatable bonds is 6. The molecule has 5 aliphatic rings. The molecule has 0 bridgehead atoms. The minimum atomic E-state index is -0.134. The van der Waals surface area contributed by atoms with Crippen LogP contribution in [0.25, 0.3) is 0 Å². The first-order chi connectivity index (χ1) is 16.1. The van der Waals surface area contributed by atoms with Crippen molar-refractivity contribution < 1.29 is 9.63 Å². The van der Waals surface area contributed by atoms with Gasteiger partial charge in [0.15, 0.2) is 0 Å². The fourth-order valence-corrected chi connectivity index (χ4v) is 7.08. The fraction of sp³-hybridized carbons (Fsp3) is 0.960. The van der Waals surface area contributed by atoms with Crippen LogP contribution in [0.5, 0.6) is 0 Å². The molecule has 1 saturated carbocycles. The second-order valence-electron chi connectivity index (χ2n) is 11.6. The van der Waals surface area contributed by atoms with Crippen LogP contribution in [-0.4, -0.2) is 73.0 Å². The van der Waals surface area contributed by atoms with E-state index >= 15 is 0 Å². The predicted molar refractivity (Wildman–Crippen MR) is 129 cm³/mol. The standard InChI is InChI=1S/C25H46N6O2/c1-17-4-6-18(7-5-17)16-31-12-2-3-21(31)25-28-24(29-33-25)20-8-11-27-22(15-20)30-13-9-19(10-14-30)23(26)32/h17-22,24-25,27-29H,2-16H2,1H3,(H2,26,32). The zero-order valence-corrected chi connectivity index (χ0v) is 20.5. The van der Waals surface area contributed by atoms with Crippen LogP contribution in [0.15, 0.2) is 0 Å². The van der Waals surface area contributed by atoms with Crippen LogP contribution in [0.1, 0.15) is 71.1 Å². The van der Waals surface area contributed by atoms with Crippen LogP contribution >= 0.6 is 0 Å². The molecule has 8 heteroatoms. The molecule has 0 radical (unpaired) electrons. The fourth-order valence-electron chi connectivity index (χ4n) is 7.08. The maximum atomic E-state index is 11.5. The van der Waals surface area contributed by atoms with Crippen LogP contribution in [0.3, 0.4) is 0 Å². The van der Waals surface area contributed by atoms with Crippen molar-refractivity contribution >= 4 is 5.91 Å². The smallest absolute Gasteiger partial charge is 0.220 e. The Bertz CT molecular complexity index is 649. The van der Waals surface area contributed by atoms with Gasteiger partial charge in [0.1, 0.15) is 6.23 Å². The molecule has 5 rings (SSSR count). The van der Waals surface area contributed by atoms with Gasteiger partial charge < -0.3 is 11.1 Å². The number of carbonyl (C=O) groups excluding carboxylic acids is 1. The highest BCUT2D eigenvalue weighted by Crippen LogP contribution is 2.33. The monoisotopic (exact) mass is 462 g/mol. The van der Waals surface area contributed by atoms with E-state index in [0.717, 1.165) is 57.2 Å². The molecule has 5 atom stereocenters. The van der Waals surface area contributed by atoms with E-state index in [2.05, 4.69) is 32.8 Å². The molecule has 1 amide bonds. The number of nitrogens with two attached hydrogens (primary N) is 1. The molecule has 0 aromatic carbocycles. The Balaban J connectivity index is 1.10. The van der Waals surface area contributed by atoms with Gasteiger partial charge in [0.05, 0.1) is 18.4 Å². The first kappa shape index (κ1) is 23.9. The molecular formula is C25H46N6O2. The van der Waals surface area contributed by atoms with Crippen molar-refractivity contribution in [3.8, 4) is 0 Å². The van der Waals surface area contributed by atoms with Crippen molar-refractivity contribution in [1.82, 2.24) is 25.9 Å². The SMILES string of the molecule is CC1CCC(CN2CCCC2C2NC(C3CCNC(N4CCC(C(N)=O)CC4)C3)NO2)CC1. The molecule has 33 heavy (non-hydrogen) atoms. The lowest BCUT2D eigenvalue weighted by Crippen LogP contribution is -2.57. The van der Waals surface area contributed by atoms with Gasteiger partial charge in [-0.15, -0.1) is 0 Å². The molecule has 4 aliphatic heterocycles. The van der Waals surface area contributed by atoms with Gasteiger partial charge in [0.25, 0.3) is 0 Å². The van der Waals surface area contributed by atoms with Gasteiger partial charge in [-0.05, 0) is 82.2 Å². The summed E-state index contributed by atoms with van der Waals surface area (Å²) in [6.45, 7) is 7.83. The van der Waals surface area contributed by atoms with E-state index < -0.39 is 0 Å². The third kappa shape index (κ3) is 5.73. The summed E-state index contributed by atoms with van der Waals surface area (Å²) in [5.74, 6) is 2.26. The Morgan fingerprint density at radius 3 is 2.58 bits per heavy atom. The minimum Gasteiger partial charge on any atom is -0.369 e. The maximum absolute atomic E-state index is 11.5. The number of piperidine rings is 2. The number of hydrogen-bond acceptors (Lipinski definition) is 7. The number of hydroxylamine groups is 1. The Hall–Kier alpha value is -0.770. The van der Waals surface area contributed by atoms with Crippen molar-refractivity contribution in [2.45, 2.75) is 95.7 Å². The Morgan fingerprint density at radius 1 is 1.03 bits per heavy atom. The van der Waals surface area contributed by atoms with E-state index in [1.165, 1.54) is 51.6 Å². The average Bonchev–Trinajstić information content (AvgIpc) is 3.50. The topological polar surface area (TPSA) is 94.9 Å². The van der Waals surface area contributed by atoms with Gasteiger partial charge in [-0.3, -0.25) is 24.7 Å². The lowest BCUT2D eigenvalue weighted by Gasteiger charge is -2.42. The molecule has 0 spiro atoms. The Morgan fingerprint density at radius 2 is 1.82 bits per heavy atom. The molecule has 188 valence electrons. The van der Waals surface area contributed by atoms with Gasteiger partial charge in [-0.25, -0.2) is 0 Å². The summed E-state index contributed by atoms with van der Waals surface area (Å²) in [6, 6.07) is 0.493. The predicted octanol–water partition coefficient (Wildman–Crippen LogP) is 1.58. The number of primary amides is 1. The summed E-state index contributed by atoms with van der Waals surface area (Å²) < 4.78 is 0. The molecule has 1 aliphatic carbocycles. The zero-order chi connectivity index (χ0) is 22.8. The van der Waals surface area contributed by atoms with Gasteiger partial charge in [-0.2, -0.15) is 5.48 Å². The van der Waals surface area contributed by atoms with Crippen LogP contribution < -0.4 is 21.8 Å². The summed E-state index contributed by atoms with van der Waals surface area (Å²) in [6.07, 6.45) is 12.9. The second-order valence-corrected chi connectivity index (χ2v) is 11.6. The van der Waals surface area contributed by atoms with E-state index in [4.69, 9.17) is 10.6 Å². The first-order valence-corrected chi connectivity index (χ1v) is 13.7. The van der Waals surface area contributed by atoms with E-state index in [-0.39, 0.29) is 24.2 Å². The van der Waals surface area contributed by atoms with Crippen LogP contribution in [0.2, 0.25) is 0 Å². The van der Waals surface area contributed by atoms with Crippen molar-refractivity contribution in [1.29, 1.82) is 0 Å². The summed E-state index contributed by atoms with van der Waals surface area (Å²) in [7, 11) is 0. The number of hydrogen-bond donors (Lipinski definition) is 4. The molecule has 8 nitrogen and oxygen atoms in total. The van der Waals surface area contributed by atoms with E-state index in [9.17, 15) is 4.79 Å². The molecule has 4 saturated heterocycles. The number of nitrogens with zero attached hydrogens (tertiary/aromatic N) is 2. The van der Waals surface area contributed by atoms with Crippen LogP contribution in [0, 0.1) is 23.7 Å². The highest BCUT2D eigenvalue weighted by molar-refractivity contribution is 5.76. The highest BCUT2D eigenvalue weighted by atomic mass is 16.7. The Kier molecular flexibility index (Phi) is 7.89. The number of likely N-dealkylation sites (tertiary alicyclic amines) is 2. The van der Waals surface area contributed by atoms with Crippen LogP contribution in [0.4, 0.5) is 0 Å². The number of carbonyl (C=O) groups is 1. The summed E-state index contributed by atoms with van der Waals surface area (Å²) in [4.78, 5) is 22.9. The van der Waals surface area contributed by atoms with Crippen molar-refractivity contribution in [2.24, 2.45) is 29.4 Å². The molecule has 0 aromatic heterocycles. The second kappa shape index (κ2) is 10.9. The summed E-state index contributed by atoms with van der Waals surface area (Å²) in [5, 5.41) is 7.55. The van der Waals surface area contributed by atoms with E-state index in [1.54, 1.807) is 0 Å². The zero-order valence-electron chi connectivity index (χ0n) is 20.5. The molecular weight excluding hydrogens is 416 g/mol.